The predicted molar refractivity (Wildman–Crippen MR) is 116 cm³/mol. The minimum Gasteiger partial charge on any atom is -0.499 e. The van der Waals surface area contributed by atoms with E-state index in [1.54, 1.807) is 24.9 Å². The topological polar surface area (TPSA) is 86.8 Å². The number of likely N-dealkylation sites (N-methyl/N-ethyl adjacent to an activating group) is 1. The number of nitrogens with one attached hydrogen (secondary N) is 2. The maximum Gasteiger partial charge on any atom is 0.255 e. The van der Waals surface area contributed by atoms with Crippen LogP contribution in [0.1, 0.15) is 16.1 Å². The van der Waals surface area contributed by atoms with Crippen molar-refractivity contribution in [3.05, 3.63) is 59.2 Å². The lowest BCUT2D eigenvalue weighted by molar-refractivity contribution is -0.117. The van der Waals surface area contributed by atoms with Gasteiger partial charge in [-0.15, -0.1) is 0 Å². The van der Waals surface area contributed by atoms with Crippen molar-refractivity contribution in [3.63, 3.8) is 0 Å². The number of aromatic nitrogens is 1. The molecule has 1 saturated heterocycles. The highest BCUT2D eigenvalue weighted by Crippen LogP contribution is 2.37. The minimum atomic E-state index is -1.61. The van der Waals surface area contributed by atoms with E-state index in [9.17, 15) is 22.8 Å². The summed E-state index contributed by atoms with van der Waals surface area (Å²) in [6.07, 6.45) is 0. The normalized spacial score (nSPS) is 17.8. The second-order valence-electron chi connectivity index (χ2n) is 7.97. The summed E-state index contributed by atoms with van der Waals surface area (Å²) in [7, 11) is 3.20. The van der Waals surface area contributed by atoms with Crippen molar-refractivity contribution < 1.29 is 27.5 Å². The van der Waals surface area contributed by atoms with Crippen molar-refractivity contribution >= 4 is 29.0 Å². The first-order valence-corrected chi connectivity index (χ1v) is 10.1. The molecule has 1 fully saturated rings. The number of amides is 2. The second kappa shape index (κ2) is 8.30. The highest BCUT2D eigenvalue weighted by atomic mass is 19.2. The molecule has 174 valence electrons. The van der Waals surface area contributed by atoms with Crippen LogP contribution in [0.5, 0.6) is 0 Å². The molecule has 2 aliphatic rings. The molecule has 0 aliphatic carbocycles. The van der Waals surface area contributed by atoms with Crippen LogP contribution in [0.2, 0.25) is 0 Å². The SMILES string of the molecule is C=C(OC)[C@H]1C(=O)Nc2c(cc(NC3CN(C(=O)c4cc(F)c(F)c(F)c4)C3)nc2C)N1C. The van der Waals surface area contributed by atoms with Crippen LogP contribution < -0.4 is 15.5 Å². The Morgan fingerprint density at radius 2 is 1.88 bits per heavy atom. The number of aryl methyl sites for hydroxylation is 1. The van der Waals surface area contributed by atoms with Crippen molar-refractivity contribution in [2.24, 2.45) is 0 Å². The Bertz CT molecular complexity index is 1140. The van der Waals surface area contributed by atoms with Gasteiger partial charge in [-0.1, -0.05) is 6.58 Å². The summed E-state index contributed by atoms with van der Waals surface area (Å²) in [6.45, 7) is 6.09. The van der Waals surface area contributed by atoms with Crippen LogP contribution in [0.25, 0.3) is 0 Å². The fourth-order valence-electron chi connectivity index (χ4n) is 3.95. The zero-order valence-electron chi connectivity index (χ0n) is 18.2. The van der Waals surface area contributed by atoms with Gasteiger partial charge in [-0.2, -0.15) is 0 Å². The molecule has 1 aromatic carbocycles. The molecule has 2 N–H and O–H groups in total. The van der Waals surface area contributed by atoms with Crippen LogP contribution in [0.3, 0.4) is 0 Å². The third-order valence-corrected chi connectivity index (χ3v) is 5.76. The summed E-state index contributed by atoms with van der Waals surface area (Å²) in [5, 5.41) is 6.05. The van der Waals surface area contributed by atoms with E-state index < -0.39 is 29.4 Å². The van der Waals surface area contributed by atoms with Crippen LogP contribution in [0, 0.1) is 24.4 Å². The summed E-state index contributed by atoms with van der Waals surface area (Å²) in [6, 6.07) is 2.29. The number of ether oxygens (including phenoxy) is 1. The maximum absolute atomic E-state index is 13.4. The molecule has 1 atom stereocenters. The molecule has 33 heavy (non-hydrogen) atoms. The summed E-state index contributed by atoms with van der Waals surface area (Å²) >= 11 is 0. The van der Waals surface area contributed by atoms with E-state index in [0.717, 1.165) is 5.69 Å². The van der Waals surface area contributed by atoms with Gasteiger partial charge in [0.2, 0.25) is 0 Å². The van der Waals surface area contributed by atoms with Crippen LogP contribution in [0.15, 0.2) is 30.5 Å². The summed E-state index contributed by atoms with van der Waals surface area (Å²) in [5.41, 5.74) is 1.65. The summed E-state index contributed by atoms with van der Waals surface area (Å²) in [5.74, 6) is -4.46. The Balaban J connectivity index is 1.46. The van der Waals surface area contributed by atoms with E-state index in [1.165, 1.54) is 12.0 Å². The Morgan fingerprint density at radius 1 is 1.24 bits per heavy atom. The summed E-state index contributed by atoms with van der Waals surface area (Å²) < 4.78 is 45.2. The average Bonchev–Trinajstić information content (AvgIpc) is 2.74. The number of hydrogen-bond donors (Lipinski definition) is 2. The average molecular weight is 461 g/mol. The molecular formula is C22H22F3N5O3. The van der Waals surface area contributed by atoms with Crippen LogP contribution in [-0.2, 0) is 9.53 Å². The molecule has 0 unspecified atom stereocenters. The van der Waals surface area contributed by atoms with Crippen molar-refractivity contribution in [1.29, 1.82) is 0 Å². The number of likely N-dealkylation sites (tertiary alicyclic amines) is 1. The molecule has 0 radical (unpaired) electrons. The van der Waals surface area contributed by atoms with Gasteiger partial charge in [0.25, 0.3) is 11.8 Å². The molecule has 2 aromatic rings. The quantitative estimate of drug-likeness (QED) is 0.526. The van der Waals surface area contributed by atoms with Crippen LogP contribution in [0.4, 0.5) is 30.4 Å². The van der Waals surface area contributed by atoms with Gasteiger partial charge in [0.1, 0.15) is 11.6 Å². The van der Waals surface area contributed by atoms with Gasteiger partial charge in [-0.05, 0) is 19.1 Å². The Morgan fingerprint density at radius 3 is 2.48 bits per heavy atom. The molecule has 11 heteroatoms. The fourth-order valence-corrected chi connectivity index (χ4v) is 3.95. The lowest BCUT2D eigenvalue weighted by atomic mass is 10.1. The highest BCUT2D eigenvalue weighted by Gasteiger charge is 2.36. The molecule has 2 amide bonds. The zero-order chi connectivity index (χ0) is 24.0. The molecule has 0 bridgehead atoms. The van der Waals surface area contributed by atoms with Crippen molar-refractivity contribution in [2.45, 2.75) is 19.0 Å². The molecule has 3 heterocycles. The zero-order valence-corrected chi connectivity index (χ0v) is 18.2. The van der Waals surface area contributed by atoms with Crippen molar-refractivity contribution in [3.8, 4) is 0 Å². The molecule has 2 aliphatic heterocycles. The maximum atomic E-state index is 13.4. The predicted octanol–water partition coefficient (Wildman–Crippen LogP) is 2.66. The number of nitrogens with zero attached hydrogens (tertiary/aromatic N) is 3. The number of fused-ring (bicyclic) bond motifs is 1. The number of anilines is 3. The van der Waals surface area contributed by atoms with Gasteiger partial charge < -0.3 is 25.2 Å². The van der Waals surface area contributed by atoms with Crippen molar-refractivity contribution in [2.75, 3.05) is 42.8 Å². The van der Waals surface area contributed by atoms with Gasteiger partial charge in [0, 0.05) is 31.8 Å². The molecular weight excluding hydrogens is 439 g/mol. The largest absolute Gasteiger partial charge is 0.499 e. The molecule has 4 rings (SSSR count). The summed E-state index contributed by atoms with van der Waals surface area (Å²) in [4.78, 5) is 32.5. The number of benzene rings is 1. The minimum absolute atomic E-state index is 0.151. The van der Waals surface area contributed by atoms with E-state index in [0.29, 0.717) is 35.1 Å². The van der Waals surface area contributed by atoms with Gasteiger partial charge in [-0.25, -0.2) is 18.2 Å². The third-order valence-electron chi connectivity index (χ3n) is 5.76. The molecule has 0 spiro atoms. The first-order chi connectivity index (χ1) is 15.6. The first-order valence-electron chi connectivity index (χ1n) is 10.1. The van der Waals surface area contributed by atoms with Gasteiger partial charge in [-0.3, -0.25) is 9.59 Å². The number of rotatable bonds is 5. The number of halogens is 3. The lowest BCUT2D eigenvalue weighted by Gasteiger charge is -2.40. The van der Waals surface area contributed by atoms with E-state index in [2.05, 4.69) is 22.2 Å². The number of carbonyl (C=O) groups is 2. The van der Waals surface area contributed by atoms with E-state index in [4.69, 9.17) is 4.74 Å². The Kier molecular flexibility index (Phi) is 5.64. The molecule has 0 saturated carbocycles. The monoisotopic (exact) mass is 461 g/mol. The van der Waals surface area contributed by atoms with Crippen LogP contribution >= 0.6 is 0 Å². The standard InChI is InChI=1S/C22H22F3N5O3/c1-10-19-16(29(3)20(11(2)33-4)21(31)28-19)7-17(26-10)27-13-8-30(9-13)22(32)12-5-14(23)18(25)15(24)6-12/h5-7,13,20H,2,8-9H2,1,3-4H3,(H,26,27)(H,28,31)/t20-/m0/s1. The fraction of sp³-hybridized carbons (Fsp3) is 0.318. The highest BCUT2D eigenvalue weighted by molar-refractivity contribution is 6.06. The second-order valence-corrected chi connectivity index (χ2v) is 7.97. The Hall–Kier alpha value is -3.76. The number of carbonyl (C=O) groups excluding carboxylic acids is 2. The van der Waals surface area contributed by atoms with Crippen molar-refractivity contribution in [1.82, 2.24) is 9.88 Å². The number of methoxy groups -OCH3 is 1. The molecule has 8 nitrogen and oxygen atoms in total. The van der Waals surface area contributed by atoms with E-state index in [1.807, 2.05) is 0 Å². The first kappa shape index (κ1) is 22.4. The third kappa shape index (κ3) is 3.94. The number of pyridine rings is 1. The van der Waals surface area contributed by atoms with Gasteiger partial charge in [0.15, 0.2) is 23.5 Å². The Labute approximate surface area is 188 Å². The smallest absolute Gasteiger partial charge is 0.255 e. The van der Waals surface area contributed by atoms with E-state index in [-0.39, 0.29) is 30.6 Å². The van der Waals surface area contributed by atoms with Gasteiger partial charge in [0.05, 0.1) is 30.2 Å². The van der Waals surface area contributed by atoms with Crippen LogP contribution in [-0.4, -0.2) is 61.0 Å². The molecule has 1 aromatic heterocycles. The number of hydrogen-bond acceptors (Lipinski definition) is 6. The lowest BCUT2D eigenvalue weighted by Crippen LogP contribution is -2.57. The van der Waals surface area contributed by atoms with E-state index >= 15 is 0 Å². The van der Waals surface area contributed by atoms with Gasteiger partial charge >= 0.3 is 0 Å².